The van der Waals surface area contributed by atoms with Crippen LogP contribution in [0.2, 0.25) is 0 Å². The van der Waals surface area contributed by atoms with Gasteiger partial charge in [-0.2, -0.15) is 0 Å². The molecule has 0 fully saturated rings. The van der Waals surface area contributed by atoms with E-state index in [0.29, 0.717) is 16.8 Å². The van der Waals surface area contributed by atoms with Crippen LogP contribution in [0.15, 0.2) is 53.4 Å². The molecule has 0 bridgehead atoms. The fourth-order valence-electron chi connectivity index (χ4n) is 2.18. The van der Waals surface area contributed by atoms with E-state index in [9.17, 15) is 18.0 Å². The van der Waals surface area contributed by atoms with Crippen LogP contribution in [0.4, 0.5) is 5.69 Å². The molecule has 0 aliphatic carbocycles. The highest BCUT2D eigenvalue weighted by molar-refractivity contribution is 8.13. The normalized spacial score (nSPS) is 14.4. The molecule has 0 atom stereocenters. The molecule has 0 saturated carbocycles. The Kier molecular flexibility index (Phi) is 3.07. The summed E-state index contributed by atoms with van der Waals surface area (Å²) < 4.78 is 22.4. The number of hydrogen-bond donors (Lipinski definition) is 0. The molecule has 0 unspecified atom stereocenters. The van der Waals surface area contributed by atoms with Gasteiger partial charge in [-0.05, 0) is 36.4 Å². The average Bonchev–Trinajstić information content (AvgIpc) is 2.71. The molecule has 1 aliphatic heterocycles. The quantitative estimate of drug-likeness (QED) is 0.629. The number of halogens is 1. The molecule has 7 heteroatoms. The van der Waals surface area contributed by atoms with E-state index < -0.39 is 20.9 Å². The summed E-state index contributed by atoms with van der Waals surface area (Å²) in [7, 11) is 1.39. The number of fused-ring (bicyclic) bond motifs is 1. The monoisotopic (exact) mass is 321 g/mol. The third kappa shape index (κ3) is 2.22. The van der Waals surface area contributed by atoms with Gasteiger partial charge in [0.15, 0.2) is 0 Å². The van der Waals surface area contributed by atoms with E-state index in [1.54, 1.807) is 24.3 Å². The van der Waals surface area contributed by atoms with E-state index in [-0.39, 0.29) is 4.90 Å². The number of anilines is 1. The molecule has 0 spiro atoms. The van der Waals surface area contributed by atoms with E-state index >= 15 is 0 Å². The molecule has 1 aliphatic rings. The van der Waals surface area contributed by atoms with Gasteiger partial charge in [-0.15, -0.1) is 0 Å². The molecule has 21 heavy (non-hydrogen) atoms. The predicted octanol–water partition coefficient (Wildman–Crippen LogP) is 2.41. The average molecular weight is 322 g/mol. The highest BCUT2D eigenvalue weighted by Crippen LogP contribution is 2.29. The second-order valence-electron chi connectivity index (χ2n) is 4.42. The zero-order chi connectivity index (χ0) is 15.2. The van der Waals surface area contributed by atoms with Crippen molar-refractivity contribution in [3.8, 4) is 0 Å². The number of carbonyl (C=O) groups is 2. The second kappa shape index (κ2) is 4.68. The van der Waals surface area contributed by atoms with Crippen LogP contribution in [0.5, 0.6) is 0 Å². The molecule has 2 amide bonds. The van der Waals surface area contributed by atoms with Crippen molar-refractivity contribution in [3.05, 3.63) is 59.7 Å². The Hall–Kier alpha value is -2.18. The lowest BCUT2D eigenvalue weighted by Gasteiger charge is -2.13. The highest BCUT2D eigenvalue weighted by Gasteiger charge is 2.36. The number of rotatable bonds is 2. The van der Waals surface area contributed by atoms with Gasteiger partial charge in [0, 0.05) is 10.7 Å². The number of nitrogens with zero attached hydrogens (tertiary/aromatic N) is 1. The van der Waals surface area contributed by atoms with Gasteiger partial charge in [-0.25, -0.2) is 13.3 Å². The molecule has 0 saturated heterocycles. The van der Waals surface area contributed by atoms with Crippen molar-refractivity contribution in [1.29, 1.82) is 0 Å². The van der Waals surface area contributed by atoms with Crippen LogP contribution in [0.3, 0.4) is 0 Å². The number of amides is 2. The van der Waals surface area contributed by atoms with Crippen molar-refractivity contribution in [1.82, 2.24) is 0 Å². The molecule has 0 N–H and O–H groups in total. The Morgan fingerprint density at radius 1 is 0.810 bits per heavy atom. The highest BCUT2D eigenvalue weighted by atomic mass is 35.7. The summed E-state index contributed by atoms with van der Waals surface area (Å²) >= 11 is 0. The minimum absolute atomic E-state index is 0.0930. The number of imide groups is 1. The summed E-state index contributed by atoms with van der Waals surface area (Å²) in [4.78, 5) is 25.4. The third-order valence-corrected chi connectivity index (χ3v) is 4.54. The largest absolute Gasteiger partial charge is 0.268 e. The van der Waals surface area contributed by atoms with E-state index in [4.69, 9.17) is 10.7 Å². The van der Waals surface area contributed by atoms with Crippen LogP contribution in [0, 0.1) is 0 Å². The smallest absolute Gasteiger partial charge is 0.266 e. The van der Waals surface area contributed by atoms with Crippen LogP contribution < -0.4 is 4.90 Å². The van der Waals surface area contributed by atoms with Gasteiger partial charge in [0.2, 0.25) is 0 Å². The second-order valence-corrected chi connectivity index (χ2v) is 6.99. The van der Waals surface area contributed by atoms with Crippen molar-refractivity contribution in [3.63, 3.8) is 0 Å². The third-order valence-electron chi connectivity index (χ3n) is 3.17. The first-order valence-electron chi connectivity index (χ1n) is 5.92. The van der Waals surface area contributed by atoms with E-state index in [1.807, 2.05) is 0 Å². The number of hydrogen-bond acceptors (Lipinski definition) is 4. The molecule has 2 aromatic carbocycles. The van der Waals surface area contributed by atoms with E-state index in [2.05, 4.69) is 0 Å². The van der Waals surface area contributed by atoms with E-state index in [0.717, 1.165) is 4.90 Å². The van der Waals surface area contributed by atoms with Crippen LogP contribution in [0.1, 0.15) is 20.7 Å². The minimum atomic E-state index is -3.84. The van der Waals surface area contributed by atoms with Crippen molar-refractivity contribution in [2.45, 2.75) is 4.90 Å². The molecular formula is C14H8ClNO4S. The van der Waals surface area contributed by atoms with Gasteiger partial charge < -0.3 is 0 Å². The van der Waals surface area contributed by atoms with Crippen LogP contribution in [-0.4, -0.2) is 20.2 Å². The summed E-state index contributed by atoms with van der Waals surface area (Å²) in [5.41, 5.74) is 0.957. The lowest BCUT2D eigenvalue weighted by Crippen LogP contribution is -2.29. The maximum atomic E-state index is 12.3. The summed E-state index contributed by atoms with van der Waals surface area (Å²) in [6.07, 6.45) is 0. The summed E-state index contributed by atoms with van der Waals surface area (Å²) in [5.74, 6) is -0.867. The fraction of sp³-hybridized carbons (Fsp3) is 0. The molecule has 106 valence electrons. The maximum Gasteiger partial charge on any atom is 0.266 e. The molecule has 0 radical (unpaired) electrons. The van der Waals surface area contributed by atoms with Gasteiger partial charge in [0.25, 0.3) is 20.9 Å². The molecule has 5 nitrogen and oxygen atoms in total. The summed E-state index contributed by atoms with van der Waals surface area (Å²) in [6.45, 7) is 0. The first-order valence-corrected chi connectivity index (χ1v) is 8.23. The predicted molar refractivity (Wildman–Crippen MR) is 77.1 cm³/mol. The standard InChI is InChI=1S/C14H8ClNO4S/c15-21(19,20)10-7-5-9(6-8-10)16-13(17)11-3-1-2-4-12(11)14(16)18/h1-8H. The van der Waals surface area contributed by atoms with E-state index in [1.165, 1.54) is 24.3 Å². The lowest BCUT2D eigenvalue weighted by atomic mass is 10.1. The van der Waals surface area contributed by atoms with Crippen LogP contribution >= 0.6 is 10.7 Å². The maximum absolute atomic E-state index is 12.3. The SMILES string of the molecule is O=C1c2ccccc2C(=O)N1c1ccc(S(=O)(=O)Cl)cc1. The Morgan fingerprint density at radius 2 is 1.29 bits per heavy atom. The Bertz CT molecular complexity index is 824. The fourth-order valence-corrected chi connectivity index (χ4v) is 2.95. The topological polar surface area (TPSA) is 71.5 Å². The zero-order valence-electron chi connectivity index (χ0n) is 10.5. The first kappa shape index (κ1) is 13.8. The Balaban J connectivity index is 2.03. The van der Waals surface area contributed by atoms with Gasteiger partial charge in [-0.3, -0.25) is 9.59 Å². The van der Waals surface area contributed by atoms with Crippen LogP contribution in [-0.2, 0) is 9.05 Å². The lowest BCUT2D eigenvalue weighted by molar-refractivity contribution is 0.0926. The Morgan fingerprint density at radius 3 is 1.71 bits per heavy atom. The van der Waals surface area contributed by atoms with Gasteiger partial charge >= 0.3 is 0 Å². The van der Waals surface area contributed by atoms with Gasteiger partial charge in [-0.1, -0.05) is 12.1 Å². The van der Waals surface area contributed by atoms with Crippen molar-refractivity contribution in [2.24, 2.45) is 0 Å². The van der Waals surface area contributed by atoms with Crippen molar-refractivity contribution in [2.75, 3.05) is 4.90 Å². The molecule has 2 aromatic rings. The van der Waals surface area contributed by atoms with Crippen LogP contribution in [0.25, 0.3) is 0 Å². The molecule has 0 aromatic heterocycles. The Labute approximate surface area is 125 Å². The summed E-state index contributed by atoms with van der Waals surface area (Å²) in [6, 6.07) is 11.8. The van der Waals surface area contributed by atoms with Crippen molar-refractivity contribution < 1.29 is 18.0 Å². The molecule has 3 rings (SSSR count). The van der Waals surface area contributed by atoms with Gasteiger partial charge in [0.05, 0.1) is 21.7 Å². The molecule has 1 heterocycles. The zero-order valence-corrected chi connectivity index (χ0v) is 12.1. The molecular weight excluding hydrogens is 314 g/mol. The number of carbonyl (C=O) groups excluding carboxylic acids is 2. The summed E-state index contributed by atoms with van der Waals surface area (Å²) in [5, 5.41) is 0. The van der Waals surface area contributed by atoms with Crippen molar-refractivity contribution >= 4 is 37.2 Å². The minimum Gasteiger partial charge on any atom is -0.268 e. The number of benzene rings is 2. The first-order chi connectivity index (χ1) is 9.89. The van der Waals surface area contributed by atoms with Gasteiger partial charge in [0.1, 0.15) is 0 Å².